The zero-order chi connectivity index (χ0) is 19.6. The number of benzene rings is 1. The normalized spacial score (nSPS) is 11.6. The van der Waals surface area contributed by atoms with Gasteiger partial charge >= 0.3 is 12.1 Å². The number of esters is 1. The predicted octanol–water partition coefficient (Wildman–Crippen LogP) is 4.56. The summed E-state index contributed by atoms with van der Waals surface area (Å²) in [6.45, 7) is 4.15. The van der Waals surface area contributed by atoms with E-state index in [0.717, 1.165) is 17.0 Å². The number of aryl methyl sites for hydroxylation is 1. The lowest BCUT2D eigenvalue weighted by Gasteiger charge is -2.07. The second-order valence-electron chi connectivity index (χ2n) is 5.75. The number of halogens is 3. The Bertz CT molecular complexity index is 963. The molecule has 0 aliphatic heterocycles. The Morgan fingerprint density at radius 3 is 2.81 bits per heavy atom. The minimum atomic E-state index is -4.40. The minimum absolute atomic E-state index is 0.273. The largest absolute Gasteiger partial charge is 0.462 e. The number of aromatic nitrogens is 3. The maximum Gasteiger partial charge on any atom is 0.416 e. The number of nitrogens with zero attached hydrogens (tertiary/aromatic N) is 3. The molecule has 9 heteroatoms. The summed E-state index contributed by atoms with van der Waals surface area (Å²) < 4.78 is 45.2. The van der Waals surface area contributed by atoms with E-state index in [4.69, 9.17) is 4.74 Å². The molecule has 142 valence electrons. The molecule has 0 saturated heterocycles. The summed E-state index contributed by atoms with van der Waals surface area (Å²) in [6, 6.07) is 5.10. The quantitative estimate of drug-likeness (QED) is 0.595. The Kier molecular flexibility index (Phi) is 5.31. The summed E-state index contributed by atoms with van der Waals surface area (Å²) in [4.78, 5) is 17.0. The van der Waals surface area contributed by atoms with Crippen molar-refractivity contribution in [2.45, 2.75) is 26.6 Å². The molecule has 0 atom stereocenters. The second kappa shape index (κ2) is 7.51. The fraction of sp³-hybridized carbons (Fsp3) is 0.278. The minimum Gasteiger partial charge on any atom is -0.462 e. The van der Waals surface area contributed by atoms with E-state index < -0.39 is 17.7 Å². The van der Waals surface area contributed by atoms with Gasteiger partial charge in [-0.2, -0.15) is 18.3 Å². The van der Waals surface area contributed by atoms with E-state index in [1.54, 1.807) is 23.9 Å². The molecule has 3 aromatic rings. The highest BCUT2D eigenvalue weighted by Gasteiger charge is 2.30. The van der Waals surface area contributed by atoms with Crippen LogP contribution < -0.4 is 0 Å². The monoisotopic (exact) mass is 395 g/mol. The zero-order valence-electron chi connectivity index (χ0n) is 14.6. The third-order valence-electron chi connectivity index (χ3n) is 3.79. The van der Waals surface area contributed by atoms with Gasteiger partial charge in [-0.25, -0.2) is 9.78 Å². The maximum absolute atomic E-state index is 12.9. The van der Waals surface area contributed by atoms with Crippen LogP contribution >= 0.6 is 11.3 Å². The first-order valence-electron chi connectivity index (χ1n) is 8.11. The van der Waals surface area contributed by atoms with E-state index >= 15 is 0 Å². The molecule has 0 N–H and O–H groups in total. The molecule has 0 amide bonds. The highest BCUT2D eigenvalue weighted by molar-refractivity contribution is 7.15. The highest BCUT2D eigenvalue weighted by atomic mass is 32.1. The number of alkyl halides is 3. The maximum atomic E-state index is 12.9. The Labute approximate surface area is 157 Å². The van der Waals surface area contributed by atoms with Gasteiger partial charge in [-0.15, -0.1) is 11.3 Å². The van der Waals surface area contributed by atoms with Crippen molar-refractivity contribution < 1.29 is 22.7 Å². The van der Waals surface area contributed by atoms with Crippen molar-refractivity contribution in [2.24, 2.45) is 0 Å². The van der Waals surface area contributed by atoms with Crippen LogP contribution in [-0.2, 0) is 17.5 Å². The molecule has 5 nitrogen and oxygen atoms in total. The van der Waals surface area contributed by atoms with Crippen molar-refractivity contribution in [2.75, 3.05) is 6.61 Å². The average Bonchev–Trinajstić information content (AvgIpc) is 3.22. The van der Waals surface area contributed by atoms with Crippen LogP contribution in [0, 0.1) is 6.92 Å². The van der Waals surface area contributed by atoms with Crippen LogP contribution in [0.2, 0.25) is 0 Å². The van der Waals surface area contributed by atoms with Crippen LogP contribution in [0.4, 0.5) is 13.2 Å². The van der Waals surface area contributed by atoms with Crippen LogP contribution in [0.15, 0.2) is 36.7 Å². The summed E-state index contributed by atoms with van der Waals surface area (Å²) >= 11 is 1.32. The van der Waals surface area contributed by atoms with E-state index in [1.165, 1.54) is 23.6 Å². The lowest BCUT2D eigenvalue weighted by atomic mass is 10.1. The van der Waals surface area contributed by atoms with E-state index in [-0.39, 0.29) is 6.61 Å². The number of carbonyl (C=O) groups excluding carboxylic acids is 1. The molecule has 0 bridgehead atoms. The Morgan fingerprint density at radius 2 is 2.11 bits per heavy atom. The van der Waals surface area contributed by atoms with E-state index in [2.05, 4.69) is 10.1 Å². The Balaban J connectivity index is 1.82. The molecule has 1 aromatic carbocycles. The summed E-state index contributed by atoms with van der Waals surface area (Å²) in [6.07, 6.45) is -1.43. The van der Waals surface area contributed by atoms with Gasteiger partial charge in [0.25, 0.3) is 0 Å². The average molecular weight is 395 g/mol. The van der Waals surface area contributed by atoms with Crippen molar-refractivity contribution in [3.63, 3.8) is 0 Å². The van der Waals surface area contributed by atoms with Crippen molar-refractivity contribution in [3.05, 3.63) is 58.4 Å². The van der Waals surface area contributed by atoms with Crippen molar-refractivity contribution in [3.8, 4) is 10.6 Å². The molecular weight excluding hydrogens is 379 g/mol. The molecule has 27 heavy (non-hydrogen) atoms. The van der Waals surface area contributed by atoms with Crippen LogP contribution in [0.3, 0.4) is 0 Å². The number of ether oxygens (including phenoxy) is 1. The van der Waals surface area contributed by atoms with Gasteiger partial charge in [0.15, 0.2) is 0 Å². The molecule has 0 saturated carbocycles. The molecule has 2 heterocycles. The lowest BCUT2D eigenvalue weighted by Crippen LogP contribution is -2.05. The molecule has 0 spiro atoms. The van der Waals surface area contributed by atoms with Gasteiger partial charge in [-0.1, -0.05) is 12.1 Å². The number of hydrogen-bond acceptors (Lipinski definition) is 5. The molecule has 2 aromatic heterocycles. The van der Waals surface area contributed by atoms with Gasteiger partial charge in [-0.3, -0.25) is 4.68 Å². The van der Waals surface area contributed by atoms with Crippen LogP contribution in [-0.4, -0.2) is 27.3 Å². The van der Waals surface area contributed by atoms with Crippen molar-refractivity contribution in [1.29, 1.82) is 0 Å². The van der Waals surface area contributed by atoms with E-state index in [9.17, 15) is 18.0 Å². The first-order valence-corrected chi connectivity index (χ1v) is 8.93. The van der Waals surface area contributed by atoms with Gasteiger partial charge in [0.05, 0.1) is 36.2 Å². The van der Waals surface area contributed by atoms with Gasteiger partial charge in [-0.05, 0) is 26.0 Å². The molecular formula is C18H16F3N3O2S. The molecule has 3 rings (SSSR count). The topological polar surface area (TPSA) is 57.0 Å². The number of carbonyl (C=O) groups is 1. The highest BCUT2D eigenvalue weighted by Crippen LogP contribution is 2.34. The van der Waals surface area contributed by atoms with Gasteiger partial charge in [0.1, 0.15) is 5.01 Å². The lowest BCUT2D eigenvalue weighted by molar-refractivity contribution is -0.137. The van der Waals surface area contributed by atoms with Crippen molar-refractivity contribution >= 4 is 17.3 Å². The third kappa shape index (κ3) is 4.36. The van der Waals surface area contributed by atoms with E-state index in [0.29, 0.717) is 28.4 Å². The standard InChI is InChI=1S/C18H16F3N3O2S/c1-3-26-17(25)13-8-22-24(9-13)10-15-11(2)27-16(23-15)12-5-4-6-14(7-12)18(19,20)21/h4-9H,3,10H2,1-2H3. The second-order valence-corrected chi connectivity index (χ2v) is 6.95. The number of thiazole rings is 1. The zero-order valence-corrected chi connectivity index (χ0v) is 15.4. The fourth-order valence-corrected chi connectivity index (χ4v) is 3.37. The molecule has 0 radical (unpaired) electrons. The third-order valence-corrected chi connectivity index (χ3v) is 4.85. The van der Waals surface area contributed by atoms with Gasteiger partial charge in [0.2, 0.25) is 0 Å². The van der Waals surface area contributed by atoms with Crippen LogP contribution in [0.5, 0.6) is 0 Å². The Hall–Kier alpha value is -2.68. The van der Waals surface area contributed by atoms with E-state index in [1.807, 2.05) is 6.92 Å². The number of rotatable bonds is 5. The smallest absolute Gasteiger partial charge is 0.416 e. The molecule has 0 aliphatic carbocycles. The molecule has 0 unspecified atom stereocenters. The summed E-state index contributed by atoms with van der Waals surface area (Å²) in [7, 11) is 0. The van der Waals surface area contributed by atoms with Gasteiger partial charge < -0.3 is 4.74 Å². The fourth-order valence-electron chi connectivity index (χ4n) is 2.45. The van der Waals surface area contributed by atoms with Gasteiger partial charge in [0, 0.05) is 16.6 Å². The van der Waals surface area contributed by atoms with Crippen molar-refractivity contribution in [1.82, 2.24) is 14.8 Å². The number of hydrogen-bond donors (Lipinski definition) is 0. The summed E-state index contributed by atoms with van der Waals surface area (Å²) in [5.41, 5.74) is 0.728. The summed E-state index contributed by atoms with van der Waals surface area (Å²) in [5, 5.41) is 4.62. The molecule has 0 fully saturated rings. The first kappa shape index (κ1) is 19.1. The molecule has 0 aliphatic rings. The first-order chi connectivity index (χ1) is 12.8. The SMILES string of the molecule is CCOC(=O)c1cnn(Cc2nc(-c3cccc(C(F)(F)F)c3)sc2C)c1. The Morgan fingerprint density at radius 1 is 1.33 bits per heavy atom. The van der Waals surface area contributed by atoms with Crippen LogP contribution in [0.25, 0.3) is 10.6 Å². The predicted molar refractivity (Wildman–Crippen MR) is 94.6 cm³/mol. The van der Waals surface area contributed by atoms with Crippen LogP contribution in [0.1, 0.15) is 33.4 Å². The summed E-state index contributed by atoms with van der Waals surface area (Å²) in [5.74, 6) is -0.455.